The first-order valence-electron chi connectivity index (χ1n) is 5.76. The Kier molecular flexibility index (Phi) is 6.12. The number of carbonyl (C=O) groups is 1. The average Bonchev–Trinajstić information content (AvgIpc) is 2.29. The summed E-state index contributed by atoms with van der Waals surface area (Å²) in [5.41, 5.74) is 0.615. The lowest BCUT2D eigenvalue weighted by molar-refractivity contribution is 0.0578. The number of hydrogen-bond acceptors (Lipinski definition) is 2. The van der Waals surface area contributed by atoms with E-state index in [1.54, 1.807) is 30.2 Å². The van der Waals surface area contributed by atoms with Crippen LogP contribution < -0.4 is 0 Å². The molecule has 0 aromatic heterocycles. The van der Waals surface area contributed by atoms with E-state index in [4.69, 9.17) is 16.3 Å². The van der Waals surface area contributed by atoms with E-state index in [1.807, 2.05) is 13.8 Å². The number of rotatable bonds is 5. The number of nitrogens with zero attached hydrogens (tertiary/aromatic N) is 1. The van der Waals surface area contributed by atoms with Gasteiger partial charge in [-0.2, -0.15) is 0 Å². The number of likely N-dealkylation sites (N-methyl/N-ethyl adjacent to an activating group) is 1. The Morgan fingerprint density at radius 3 is 2.72 bits per heavy atom. The number of carbonyl (C=O) groups excluding carboxylic acids is 1. The van der Waals surface area contributed by atoms with Gasteiger partial charge in [-0.1, -0.05) is 11.6 Å². The van der Waals surface area contributed by atoms with Crippen LogP contribution in [0.5, 0.6) is 0 Å². The quantitative estimate of drug-likeness (QED) is 0.823. The van der Waals surface area contributed by atoms with Gasteiger partial charge >= 0.3 is 0 Å². The molecule has 0 spiro atoms. The Morgan fingerprint density at radius 2 is 2.22 bits per heavy atom. The summed E-state index contributed by atoms with van der Waals surface area (Å²) in [5, 5.41) is 0.603. The van der Waals surface area contributed by atoms with Crippen molar-refractivity contribution < 1.29 is 9.53 Å². The molecule has 1 unspecified atom stereocenters. The molecule has 0 N–H and O–H groups in total. The molecule has 0 saturated carbocycles. The fourth-order valence-electron chi connectivity index (χ4n) is 1.80. The third-order valence-corrected chi connectivity index (χ3v) is 3.59. The molecule has 1 atom stereocenters. The highest BCUT2D eigenvalue weighted by Crippen LogP contribution is 2.23. The van der Waals surface area contributed by atoms with Gasteiger partial charge in [0.25, 0.3) is 5.91 Å². The summed E-state index contributed by atoms with van der Waals surface area (Å²) in [7, 11) is 1.63. The number of hydrogen-bond donors (Lipinski definition) is 0. The topological polar surface area (TPSA) is 29.5 Å². The van der Waals surface area contributed by atoms with Gasteiger partial charge in [0.1, 0.15) is 0 Å². The van der Waals surface area contributed by atoms with Crippen LogP contribution in [0.4, 0.5) is 0 Å². The van der Waals surface area contributed by atoms with E-state index in [9.17, 15) is 4.79 Å². The second-order valence-corrected chi connectivity index (χ2v) is 5.31. The molecule has 0 aliphatic rings. The van der Waals surface area contributed by atoms with Crippen molar-refractivity contribution in [2.24, 2.45) is 0 Å². The Morgan fingerprint density at radius 1 is 1.56 bits per heavy atom. The van der Waals surface area contributed by atoms with Crippen molar-refractivity contribution in [1.29, 1.82) is 0 Å². The summed E-state index contributed by atoms with van der Waals surface area (Å²) >= 11 is 9.24. The van der Waals surface area contributed by atoms with Crippen molar-refractivity contribution in [2.45, 2.75) is 19.9 Å². The Bertz CT molecular complexity index is 425. The highest BCUT2D eigenvalue weighted by Gasteiger charge is 2.21. The fraction of sp³-hybridized carbons (Fsp3) is 0.462. The Balaban J connectivity index is 2.96. The van der Waals surface area contributed by atoms with Gasteiger partial charge < -0.3 is 9.64 Å². The van der Waals surface area contributed by atoms with Crippen LogP contribution in [0.2, 0.25) is 5.02 Å². The number of methoxy groups -OCH3 is 1. The molecule has 3 nitrogen and oxygen atoms in total. The molecule has 0 radical (unpaired) electrons. The maximum absolute atomic E-state index is 12.4. The predicted octanol–water partition coefficient (Wildman–Crippen LogP) is 3.60. The summed E-state index contributed by atoms with van der Waals surface area (Å²) in [6.07, 6.45) is 0. The van der Waals surface area contributed by atoms with Crippen LogP contribution in [-0.2, 0) is 4.74 Å². The van der Waals surface area contributed by atoms with Crippen molar-refractivity contribution in [1.82, 2.24) is 4.90 Å². The number of amides is 1. The summed E-state index contributed by atoms with van der Waals surface area (Å²) < 4.78 is 5.81. The van der Waals surface area contributed by atoms with E-state index in [0.717, 1.165) is 0 Å². The molecule has 1 amide bonds. The fourth-order valence-corrected chi connectivity index (χ4v) is 2.66. The number of ether oxygens (including phenoxy) is 1. The van der Waals surface area contributed by atoms with E-state index < -0.39 is 0 Å². The standard InChI is InChI=1S/C13H17BrClNO2/c1-4-16(9(2)8-18-3)13(17)11-6-5-10(15)7-12(11)14/h5-7,9H,4,8H2,1-3H3. The minimum Gasteiger partial charge on any atom is -0.383 e. The van der Waals surface area contributed by atoms with Gasteiger partial charge in [-0.15, -0.1) is 0 Å². The first-order valence-corrected chi connectivity index (χ1v) is 6.93. The van der Waals surface area contributed by atoms with Gasteiger partial charge in [0.05, 0.1) is 18.2 Å². The van der Waals surface area contributed by atoms with Crippen LogP contribution in [0.15, 0.2) is 22.7 Å². The first-order chi connectivity index (χ1) is 8.51. The molecule has 0 heterocycles. The molecule has 0 aliphatic heterocycles. The second-order valence-electron chi connectivity index (χ2n) is 4.02. The molecule has 0 aliphatic carbocycles. The molecule has 0 fully saturated rings. The highest BCUT2D eigenvalue weighted by atomic mass is 79.9. The van der Waals surface area contributed by atoms with E-state index in [-0.39, 0.29) is 11.9 Å². The lowest BCUT2D eigenvalue weighted by Crippen LogP contribution is -2.41. The average molecular weight is 335 g/mol. The maximum atomic E-state index is 12.4. The minimum atomic E-state index is -0.0226. The summed E-state index contributed by atoms with van der Waals surface area (Å²) in [5.74, 6) is -0.0226. The lowest BCUT2D eigenvalue weighted by atomic mass is 10.1. The van der Waals surface area contributed by atoms with Crippen LogP contribution in [0.25, 0.3) is 0 Å². The van der Waals surface area contributed by atoms with E-state index in [0.29, 0.717) is 28.2 Å². The van der Waals surface area contributed by atoms with Gasteiger partial charge in [0, 0.05) is 23.1 Å². The van der Waals surface area contributed by atoms with Crippen molar-refractivity contribution >= 4 is 33.4 Å². The summed E-state index contributed by atoms with van der Waals surface area (Å²) in [4.78, 5) is 14.2. The zero-order valence-electron chi connectivity index (χ0n) is 10.7. The van der Waals surface area contributed by atoms with Gasteiger partial charge in [-0.3, -0.25) is 4.79 Å². The molecular weight excluding hydrogens is 318 g/mol. The van der Waals surface area contributed by atoms with Crippen molar-refractivity contribution in [3.05, 3.63) is 33.3 Å². The van der Waals surface area contributed by atoms with E-state index >= 15 is 0 Å². The highest BCUT2D eigenvalue weighted by molar-refractivity contribution is 9.10. The van der Waals surface area contributed by atoms with Crippen LogP contribution in [-0.4, -0.2) is 37.1 Å². The molecule has 1 aromatic rings. The third kappa shape index (κ3) is 3.70. The lowest BCUT2D eigenvalue weighted by Gasteiger charge is -2.28. The maximum Gasteiger partial charge on any atom is 0.255 e. The smallest absolute Gasteiger partial charge is 0.255 e. The molecule has 18 heavy (non-hydrogen) atoms. The molecule has 100 valence electrons. The van der Waals surface area contributed by atoms with Crippen LogP contribution >= 0.6 is 27.5 Å². The molecule has 1 aromatic carbocycles. The van der Waals surface area contributed by atoms with Crippen molar-refractivity contribution in [3.63, 3.8) is 0 Å². The van der Waals surface area contributed by atoms with Crippen LogP contribution in [0.3, 0.4) is 0 Å². The third-order valence-electron chi connectivity index (χ3n) is 2.70. The molecule has 1 rings (SSSR count). The van der Waals surface area contributed by atoms with Crippen LogP contribution in [0, 0.1) is 0 Å². The zero-order chi connectivity index (χ0) is 13.7. The van der Waals surface area contributed by atoms with Crippen molar-refractivity contribution in [2.75, 3.05) is 20.3 Å². The Labute approximate surface area is 121 Å². The minimum absolute atomic E-state index is 0.0226. The second kappa shape index (κ2) is 7.12. The van der Waals surface area contributed by atoms with Gasteiger partial charge in [-0.25, -0.2) is 0 Å². The largest absolute Gasteiger partial charge is 0.383 e. The molecule has 0 bridgehead atoms. The normalized spacial score (nSPS) is 12.3. The van der Waals surface area contributed by atoms with E-state index in [1.165, 1.54) is 0 Å². The molecule has 5 heteroatoms. The molecule has 0 saturated heterocycles. The summed E-state index contributed by atoms with van der Waals surface area (Å²) in [6.45, 7) is 5.08. The first kappa shape index (κ1) is 15.5. The van der Waals surface area contributed by atoms with Gasteiger partial charge in [0.2, 0.25) is 0 Å². The zero-order valence-corrected chi connectivity index (χ0v) is 13.1. The van der Waals surface area contributed by atoms with Gasteiger partial charge in [-0.05, 0) is 48.0 Å². The van der Waals surface area contributed by atoms with E-state index in [2.05, 4.69) is 15.9 Å². The summed E-state index contributed by atoms with van der Waals surface area (Å²) in [6, 6.07) is 5.21. The SMILES string of the molecule is CCN(C(=O)c1ccc(Cl)cc1Br)C(C)COC. The number of halogens is 2. The van der Waals surface area contributed by atoms with Gasteiger partial charge in [0.15, 0.2) is 0 Å². The monoisotopic (exact) mass is 333 g/mol. The predicted molar refractivity (Wildman–Crippen MR) is 77.2 cm³/mol. The van der Waals surface area contributed by atoms with Crippen molar-refractivity contribution in [3.8, 4) is 0 Å². The Hall–Kier alpha value is -0.580. The number of benzene rings is 1. The van der Waals surface area contributed by atoms with Crippen LogP contribution in [0.1, 0.15) is 24.2 Å². The molecular formula is C13H17BrClNO2.